The third-order valence-corrected chi connectivity index (χ3v) is 6.96. The van der Waals surface area contributed by atoms with Crippen LogP contribution < -0.4 is 15.8 Å². The molecule has 0 radical (unpaired) electrons. The number of carbonyl (C=O) groups is 1. The molecular weight excluding hydrogens is 426 g/mol. The summed E-state index contributed by atoms with van der Waals surface area (Å²) in [6, 6.07) is 1.83. The number of thiophene rings is 1. The number of carbonyl (C=O) groups excluding carboxylic acids is 1. The summed E-state index contributed by atoms with van der Waals surface area (Å²) in [4.78, 5) is 47.0. The fraction of sp³-hybridized carbons (Fsp3) is 0.500. The van der Waals surface area contributed by atoms with E-state index in [0.29, 0.717) is 30.6 Å². The highest BCUT2D eigenvalue weighted by atomic mass is 32.1. The van der Waals surface area contributed by atoms with Gasteiger partial charge in [0.15, 0.2) is 0 Å². The molecule has 2 N–H and O–H groups in total. The van der Waals surface area contributed by atoms with Gasteiger partial charge in [0.05, 0.1) is 5.39 Å². The SMILES string of the molecule is Cc1sc2nc(CCC(=O)NCCCN3CCN(c4ncccn4)CC3)[nH]c(=O)c2c1C. The topological polar surface area (TPSA) is 107 Å². The molecule has 1 saturated heterocycles. The third kappa shape index (κ3) is 5.31. The lowest BCUT2D eigenvalue weighted by Gasteiger charge is -2.34. The predicted octanol–water partition coefficient (Wildman–Crippen LogP) is 1.65. The normalized spacial score (nSPS) is 14.8. The number of aromatic nitrogens is 4. The Kier molecular flexibility index (Phi) is 7.11. The van der Waals surface area contributed by atoms with Gasteiger partial charge in [-0.2, -0.15) is 0 Å². The van der Waals surface area contributed by atoms with E-state index in [0.717, 1.165) is 60.4 Å². The maximum absolute atomic E-state index is 12.3. The van der Waals surface area contributed by atoms with Crippen LogP contribution in [0.25, 0.3) is 10.2 Å². The molecule has 4 rings (SSSR count). The second-order valence-electron chi connectivity index (χ2n) is 8.06. The number of piperazine rings is 1. The molecule has 9 nitrogen and oxygen atoms in total. The minimum Gasteiger partial charge on any atom is -0.356 e. The Bertz CT molecular complexity index is 1120. The fourth-order valence-corrected chi connectivity index (χ4v) is 4.94. The molecule has 0 unspecified atom stereocenters. The van der Waals surface area contributed by atoms with E-state index in [1.54, 1.807) is 12.4 Å². The van der Waals surface area contributed by atoms with Crippen molar-refractivity contribution in [3.8, 4) is 0 Å². The molecule has 0 spiro atoms. The van der Waals surface area contributed by atoms with Crippen LogP contribution in [0, 0.1) is 13.8 Å². The van der Waals surface area contributed by atoms with Gasteiger partial charge in [0.25, 0.3) is 5.56 Å². The summed E-state index contributed by atoms with van der Waals surface area (Å²) in [7, 11) is 0. The van der Waals surface area contributed by atoms with E-state index < -0.39 is 0 Å². The molecule has 1 amide bonds. The Morgan fingerprint density at radius 2 is 1.94 bits per heavy atom. The Labute approximate surface area is 190 Å². The number of hydrogen-bond donors (Lipinski definition) is 2. The van der Waals surface area contributed by atoms with Gasteiger partial charge in [-0.15, -0.1) is 11.3 Å². The molecule has 1 aliphatic heterocycles. The molecule has 0 atom stereocenters. The second-order valence-corrected chi connectivity index (χ2v) is 9.26. The summed E-state index contributed by atoms with van der Waals surface area (Å²) in [5.74, 6) is 1.34. The highest BCUT2D eigenvalue weighted by molar-refractivity contribution is 7.18. The lowest BCUT2D eigenvalue weighted by atomic mass is 10.2. The zero-order valence-corrected chi connectivity index (χ0v) is 19.4. The first-order valence-corrected chi connectivity index (χ1v) is 11.8. The van der Waals surface area contributed by atoms with Crippen molar-refractivity contribution in [2.24, 2.45) is 0 Å². The molecule has 1 fully saturated rings. The van der Waals surface area contributed by atoms with Crippen molar-refractivity contribution in [3.63, 3.8) is 0 Å². The van der Waals surface area contributed by atoms with Crippen LogP contribution in [0.4, 0.5) is 5.95 Å². The van der Waals surface area contributed by atoms with E-state index in [2.05, 4.69) is 35.1 Å². The van der Waals surface area contributed by atoms with Gasteiger partial charge in [0.1, 0.15) is 10.7 Å². The summed E-state index contributed by atoms with van der Waals surface area (Å²) in [5, 5.41) is 3.64. The number of aryl methyl sites for hydroxylation is 3. The van der Waals surface area contributed by atoms with E-state index >= 15 is 0 Å². The molecule has 0 bridgehead atoms. The Morgan fingerprint density at radius 1 is 1.19 bits per heavy atom. The van der Waals surface area contributed by atoms with E-state index in [-0.39, 0.29) is 11.5 Å². The summed E-state index contributed by atoms with van der Waals surface area (Å²) < 4.78 is 0. The van der Waals surface area contributed by atoms with E-state index in [1.165, 1.54) is 11.3 Å². The van der Waals surface area contributed by atoms with Crippen LogP contribution in [0.15, 0.2) is 23.3 Å². The van der Waals surface area contributed by atoms with Crippen molar-refractivity contribution < 1.29 is 4.79 Å². The van der Waals surface area contributed by atoms with Crippen LogP contribution >= 0.6 is 11.3 Å². The van der Waals surface area contributed by atoms with Gasteiger partial charge in [0.2, 0.25) is 11.9 Å². The van der Waals surface area contributed by atoms with Gasteiger partial charge >= 0.3 is 0 Å². The molecule has 1 aliphatic rings. The van der Waals surface area contributed by atoms with Crippen molar-refractivity contribution in [2.45, 2.75) is 33.1 Å². The average molecular weight is 456 g/mol. The van der Waals surface area contributed by atoms with Crippen LogP contribution in [0.5, 0.6) is 0 Å². The molecule has 3 aromatic rings. The van der Waals surface area contributed by atoms with Crippen LogP contribution in [0.1, 0.15) is 29.1 Å². The van der Waals surface area contributed by atoms with Gasteiger partial charge in [-0.3, -0.25) is 14.5 Å². The molecule has 170 valence electrons. The smallest absolute Gasteiger partial charge is 0.259 e. The summed E-state index contributed by atoms with van der Waals surface area (Å²) in [5.41, 5.74) is 0.865. The van der Waals surface area contributed by atoms with E-state index in [1.807, 2.05) is 19.9 Å². The number of aromatic amines is 1. The number of hydrogen-bond acceptors (Lipinski definition) is 8. The summed E-state index contributed by atoms with van der Waals surface area (Å²) >= 11 is 1.52. The fourth-order valence-electron chi connectivity index (χ4n) is 3.89. The quantitative estimate of drug-likeness (QED) is 0.497. The predicted molar refractivity (Wildman–Crippen MR) is 126 cm³/mol. The minimum absolute atomic E-state index is 0.0164. The lowest BCUT2D eigenvalue weighted by Crippen LogP contribution is -2.47. The van der Waals surface area contributed by atoms with Crippen molar-refractivity contribution in [1.29, 1.82) is 0 Å². The number of nitrogens with one attached hydrogen (secondary N) is 2. The zero-order valence-electron chi connectivity index (χ0n) is 18.6. The first kappa shape index (κ1) is 22.3. The second kappa shape index (κ2) is 10.2. The molecule has 3 aromatic heterocycles. The molecule has 4 heterocycles. The van der Waals surface area contributed by atoms with Crippen molar-refractivity contribution in [3.05, 3.63) is 45.1 Å². The maximum Gasteiger partial charge on any atom is 0.259 e. The van der Waals surface area contributed by atoms with Gasteiger partial charge in [-0.25, -0.2) is 15.0 Å². The maximum atomic E-state index is 12.3. The van der Waals surface area contributed by atoms with Crippen LogP contribution in [0.3, 0.4) is 0 Å². The average Bonchev–Trinajstić information content (AvgIpc) is 3.10. The van der Waals surface area contributed by atoms with Crippen LogP contribution in [-0.4, -0.2) is 70.0 Å². The molecule has 0 aromatic carbocycles. The largest absolute Gasteiger partial charge is 0.356 e. The van der Waals surface area contributed by atoms with Crippen molar-refractivity contribution in [1.82, 2.24) is 30.2 Å². The van der Waals surface area contributed by atoms with Gasteiger partial charge in [0, 0.05) is 62.8 Å². The number of amides is 1. The highest BCUT2D eigenvalue weighted by Gasteiger charge is 2.18. The summed E-state index contributed by atoms with van der Waals surface area (Å²) in [6.45, 7) is 9.29. The summed E-state index contributed by atoms with van der Waals surface area (Å²) in [6.07, 6.45) is 5.19. The first-order valence-electron chi connectivity index (χ1n) is 11.0. The van der Waals surface area contributed by atoms with Gasteiger partial charge in [-0.1, -0.05) is 0 Å². The number of anilines is 1. The Balaban J connectivity index is 1.15. The van der Waals surface area contributed by atoms with Crippen LogP contribution in [0.2, 0.25) is 0 Å². The van der Waals surface area contributed by atoms with Crippen LogP contribution in [-0.2, 0) is 11.2 Å². The van der Waals surface area contributed by atoms with E-state index in [4.69, 9.17) is 0 Å². The van der Waals surface area contributed by atoms with Crippen molar-refractivity contribution >= 4 is 33.4 Å². The number of rotatable bonds is 8. The first-order chi connectivity index (χ1) is 15.5. The lowest BCUT2D eigenvalue weighted by molar-refractivity contribution is -0.121. The van der Waals surface area contributed by atoms with Crippen molar-refractivity contribution in [2.75, 3.05) is 44.2 Å². The number of nitrogens with zero attached hydrogens (tertiary/aromatic N) is 5. The minimum atomic E-state index is -0.119. The van der Waals surface area contributed by atoms with Gasteiger partial charge < -0.3 is 15.2 Å². The zero-order chi connectivity index (χ0) is 22.5. The number of fused-ring (bicyclic) bond motifs is 1. The molecule has 32 heavy (non-hydrogen) atoms. The third-order valence-electron chi connectivity index (χ3n) is 5.86. The monoisotopic (exact) mass is 455 g/mol. The van der Waals surface area contributed by atoms with E-state index in [9.17, 15) is 9.59 Å². The molecular formula is C22H29N7O2S. The standard InChI is InChI=1S/C22H29N7O2S/c1-15-16(2)32-21-19(15)20(31)26-17(27-21)5-6-18(30)23-9-4-10-28-11-13-29(14-12-28)22-24-7-3-8-25-22/h3,7-8H,4-6,9-14H2,1-2H3,(H,23,30)(H,26,27,31). The number of H-pyrrole nitrogens is 1. The molecule has 10 heteroatoms. The highest BCUT2D eigenvalue weighted by Crippen LogP contribution is 2.25. The molecule has 0 aliphatic carbocycles. The van der Waals surface area contributed by atoms with Gasteiger partial charge in [-0.05, 0) is 38.4 Å². The Hall–Kier alpha value is -2.85. The molecule has 0 saturated carbocycles. The Morgan fingerprint density at radius 3 is 2.69 bits per heavy atom.